The van der Waals surface area contributed by atoms with Crippen molar-refractivity contribution in [3.05, 3.63) is 40.9 Å². The van der Waals surface area contributed by atoms with Crippen molar-refractivity contribution in [2.24, 2.45) is 4.99 Å². The second-order valence-electron chi connectivity index (χ2n) is 5.38. The van der Waals surface area contributed by atoms with Crippen LogP contribution in [-0.4, -0.2) is 38.7 Å². The number of hydrogen-bond acceptors (Lipinski definition) is 5. The molecule has 130 valence electrons. The van der Waals surface area contributed by atoms with Crippen LogP contribution in [0.1, 0.15) is 18.2 Å². The number of nitrogens with zero attached hydrogens (tertiary/aromatic N) is 3. The summed E-state index contributed by atoms with van der Waals surface area (Å²) in [5, 5.41) is 9.64. The molecule has 1 aromatic heterocycles. The number of hydrogen-bond donors (Lipinski definition) is 2. The Labute approximate surface area is 147 Å². The number of nitrogens with one attached hydrogen (secondary N) is 2. The summed E-state index contributed by atoms with van der Waals surface area (Å²) in [7, 11) is 5.67. The van der Waals surface area contributed by atoms with Gasteiger partial charge in [0.2, 0.25) is 0 Å². The van der Waals surface area contributed by atoms with Crippen LogP contribution in [0.15, 0.2) is 34.6 Å². The molecule has 0 fully saturated rings. The van der Waals surface area contributed by atoms with Gasteiger partial charge in [-0.15, -0.1) is 11.3 Å². The lowest BCUT2D eigenvalue weighted by molar-refractivity contribution is 0.410. The number of anilines is 1. The van der Waals surface area contributed by atoms with E-state index in [-0.39, 0.29) is 0 Å². The van der Waals surface area contributed by atoms with Crippen molar-refractivity contribution in [2.45, 2.75) is 20.0 Å². The van der Waals surface area contributed by atoms with Gasteiger partial charge < -0.3 is 20.3 Å². The molecular weight excluding hydrogens is 322 g/mol. The molecule has 0 aliphatic carbocycles. The van der Waals surface area contributed by atoms with E-state index in [2.05, 4.69) is 26.0 Å². The molecule has 0 radical (unpaired) electrons. The summed E-state index contributed by atoms with van der Waals surface area (Å²) in [6.07, 6.45) is 0. The first kappa shape index (κ1) is 18.1. The lowest BCUT2D eigenvalue weighted by Gasteiger charge is -2.11. The van der Waals surface area contributed by atoms with Gasteiger partial charge in [-0.1, -0.05) is 18.2 Å². The highest BCUT2D eigenvalue weighted by Crippen LogP contribution is 2.18. The van der Waals surface area contributed by atoms with Crippen LogP contribution in [0, 0.1) is 0 Å². The van der Waals surface area contributed by atoms with Gasteiger partial charge in [0.1, 0.15) is 5.75 Å². The molecule has 7 heteroatoms. The Morgan fingerprint density at radius 3 is 2.75 bits per heavy atom. The zero-order valence-corrected chi connectivity index (χ0v) is 15.5. The Morgan fingerprint density at radius 1 is 1.29 bits per heavy atom. The maximum absolute atomic E-state index is 5.37. The fourth-order valence-electron chi connectivity index (χ4n) is 2.10. The van der Waals surface area contributed by atoms with E-state index in [9.17, 15) is 0 Å². The first-order valence-electron chi connectivity index (χ1n) is 7.89. The van der Waals surface area contributed by atoms with Crippen LogP contribution in [0.4, 0.5) is 5.13 Å². The van der Waals surface area contributed by atoms with Gasteiger partial charge in [0.25, 0.3) is 0 Å². The fraction of sp³-hybridized carbons (Fsp3) is 0.412. The lowest BCUT2D eigenvalue weighted by Crippen LogP contribution is -2.36. The zero-order chi connectivity index (χ0) is 17.4. The molecule has 2 rings (SSSR count). The number of methoxy groups -OCH3 is 1. The number of aromatic nitrogens is 1. The molecule has 1 heterocycles. The molecule has 2 aromatic rings. The van der Waals surface area contributed by atoms with Gasteiger partial charge in [-0.2, -0.15) is 0 Å². The highest BCUT2D eigenvalue weighted by molar-refractivity contribution is 7.13. The smallest absolute Gasteiger partial charge is 0.191 e. The number of aliphatic imine (C=N–C) groups is 1. The second-order valence-corrected chi connectivity index (χ2v) is 6.21. The highest BCUT2D eigenvalue weighted by Gasteiger charge is 2.05. The van der Waals surface area contributed by atoms with Crippen molar-refractivity contribution in [1.82, 2.24) is 15.6 Å². The molecule has 0 unspecified atom stereocenters. The number of guanidine groups is 1. The number of ether oxygens (including phenoxy) is 1. The molecule has 24 heavy (non-hydrogen) atoms. The summed E-state index contributed by atoms with van der Waals surface area (Å²) in [6, 6.07) is 7.92. The van der Waals surface area contributed by atoms with Crippen molar-refractivity contribution >= 4 is 22.4 Å². The summed E-state index contributed by atoms with van der Waals surface area (Å²) in [5.74, 6) is 1.62. The number of rotatable bonds is 7. The van der Waals surface area contributed by atoms with Gasteiger partial charge >= 0.3 is 0 Å². The Balaban J connectivity index is 1.99. The minimum atomic E-state index is 0.555. The van der Waals surface area contributed by atoms with Gasteiger partial charge in [-0.25, -0.2) is 9.98 Å². The Morgan fingerprint density at radius 2 is 2.08 bits per heavy atom. The molecule has 0 bridgehead atoms. The summed E-state index contributed by atoms with van der Waals surface area (Å²) in [6.45, 7) is 4.05. The molecule has 6 nitrogen and oxygen atoms in total. The zero-order valence-electron chi connectivity index (χ0n) is 14.7. The topological polar surface area (TPSA) is 61.8 Å². The van der Waals surface area contributed by atoms with E-state index in [0.717, 1.165) is 34.6 Å². The van der Waals surface area contributed by atoms with Gasteiger partial charge in [0, 0.05) is 31.6 Å². The third kappa shape index (κ3) is 5.13. The molecule has 1 aromatic carbocycles. The predicted molar refractivity (Wildman–Crippen MR) is 101 cm³/mol. The van der Waals surface area contributed by atoms with E-state index in [1.165, 1.54) is 0 Å². The number of benzene rings is 1. The SMILES string of the molecule is CCNC(=NCc1ccccc1OC)NCc1csc(N(C)C)n1. The minimum Gasteiger partial charge on any atom is -0.496 e. The highest BCUT2D eigenvalue weighted by atomic mass is 32.1. The molecule has 2 N–H and O–H groups in total. The molecule has 0 spiro atoms. The molecule has 0 saturated carbocycles. The van der Waals surface area contributed by atoms with Gasteiger partial charge in [0.05, 0.1) is 25.9 Å². The molecule has 0 atom stereocenters. The average molecular weight is 347 g/mol. The number of para-hydroxylation sites is 1. The Kier molecular flexibility index (Phi) is 6.87. The molecule has 0 aliphatic heterocycles. The van der Waals surface area contributed by atoms with Crippen LogP contribution in [0.2, 0.25) is 0 Å². The van der Waals surface area contributed by atoms with Crippen molar-refractivity contribution in [2.75, 3.05) is 32.6 Å². The summed E-state index contributed by atoms with van der Waals surface area (Å²) in [4.78, 5) is 11.2. The first-order chi connectivity index (χ1) is 11.6. The van der Waals surface area contributed by atoms with Crippen LogP contribution >= 0.6 is 11.3 Å². The maximum Gasteiger partial charge on any atom is 0.191 e. The van der Waals surface area contributed by atoms with Crippen molar-refractivity contribution in [1.29, 1.82) is 0 Å². The van der Waals surface area contributed by atoms with Gasteiger partial charge in [-0.05, 0) is 13.0 Å². The van der Waals surface area contributed by atoms with Gasteiger partial charge in [-0.3, -0.25) is 0 Å². The fourth-order valence-corrected chi connectivity index (χ4v) is 2.85. The molecule has 0 aliphatic rings. The molecular formula is C17H25N5OS. The summed E-state index contributed by atoms with van der Waals surface area (Å²) >= 11 is 1.64. The standard InChI is InChI=1S/C17H25N5OS/c1-5-18-16(19-10-13-8-6-7-9-15(13)23-4)20-11-14-12-24-17(21-14)22(2)3/h6-9,12H,5,10-11H2,1-4H3,(H2,18,19,20). The first-order valence-corrected chi connectivity index (χ1v) is 8.77. The van der Waals surface area contributed by atoms with E-state index in [0.29, 0.717) is 13.1 Å². The van der Waals surface area contributed by atoms with E-state index in [1.807, 2.05) is 50.2 Å². The minimum absolute atomic E-state index is 0.555. The Bertz CT molecular complexity index is 669. The van der Waals surface area contributed by atoms with E-state index < -0.39 is 0 Å². The third-order valence-corrected chi connectivity index (χ3v) is 4.36. The number of thiazole rings is 1. The Hall–Kier alpha value is -2.28. The van der Waals surface area contributed by atoms with Crippen LogP contribution in [0.3, 0.4) is 0 Å². The van der Waals surface area contributed by atoms with Gasteiger partial charge in [0.15, 0.2) is 11.1 Å². The molecule has 0 amide bonds. The second kappa shape index (κ2) is 9.12. The van der Waals surface area contributed by atoms with Crippen molar-refractivity contribution in [3.63, 3.8) is 0 Å². The quantitative estimate of drug-likeness (QED) is 0.595. The van der Waals surface area contributed by atoms with Crippen LogP contribution in [0.25, 0.3) is 0 Å². The van der Waals surface area contributed by atoms with Crippen molar-refractivity contribution in [3.8, 4) is 5.75 Å². The normalized spacial score (nSPS) is 11.2. The average Bonchev–Trinajstić information content (AvgIpc) is 3.07. The largest absolute Gasteiger partial charge is 0.496 e. The van der Waals surface area contributed by atoms with E-state index >= 15 is 0 Å². The maximum atomic E-state index is 5.37. The van der Waals surface area contributed by atoms with Crippen LogP contribution in [0.5, 0.6) is 5.75 Å². The lowest BCUT2D eigenvalue weighted by atomic mass is 10.2. The third-order valence-electron chi connectivity index (χ3n) is 3.30. The van der Waals surface area contributed by atoms with E-state index in [1.54, 1.807) is 18.4 Å². The van der Waals surface area contributed by atoms with Crippen LogP contribution < -0.4 is 20.3 Å². The molecule has 0 saturated heterocycles. The predicted octanol–water partition coefficient (Wildman–Crippen LogP) is 2.47. The van der Waals surface area contributed by atoms with E-state index in [4.69, 9.17) is 4.74 Å². The summed E-state index contributed by atoms with van der Waals surface area (Å²) in [5.41, 5.74) is 2.06. The monoisotopic (exact) mass is 347 g/mol. The van der Waals surface area contributed by atoms with Crippen molar-refractivity contribution < 1.29 is 4.74 Å². The summed E-state index contributed by atoms with van der Waals surface area (Å²) < 4.78 is 5.37. The van der Waals surface area contributed by atoms with Crippen LogP contribution in [-0.2, 0) is 13.1 Å².